The molecule has 9 heavy (non-hydrogen) atoms. The van der Waals surface area contributed by atoms with E-state index in [4.69, 9.17) is 13.3 Å². The SMILES string of the molecule is O=S([O-])[O-].[Na+].[Na+].[Na+].[Na+].[Na+]. The molecule has 0 rings (SSSR count). The molecule has 0 N–H and O–H groups in total. The quantitative estimate of drug-likeness (QED) is 0.285. The summed E-state index contributed by atoms with van der Waals surface area (Å²) in [4.78, 5) is 0. The first-order valence-electron chi connectivity index (χ1n) is 0.500. The van der Waals surface area contributed by atoms with Gasteiger partial charge in [-0.25, -0.2) is 0 Å². The fourth-order valence-corrected chi connectivity index (χ4v) is 0. The monoisotopic (exact) mass is 195 g/mol. The van der Waals surface area contributed by atoms with Crippen LogP contribution < -0.4 is 148 Å². The second kappa shape index (κ2) is 29.2. The molecule has 0 amide bonds. The van der Waals surface area contributed by atoms with E-state index < -0.39 is 11.4 Å². The van der Waals surface area contributed by atoms with Crippen molar-refractivity contribution in [3.63, 3.8) is 0 Å². The summed E-state index contributed by atoms with van der Waals surface area (Å²) in [5.74, 6) is 0. The van der Waals surface area contributed by atoms with Crippen molar-refractivity contribution < 1.29 is 161 Å². The van der Waals surface area contributed by atoms with Gasteiger partial charge in [0.15, 0.2) is 0 Å². The third kappa shape index (κ3) is 62.3. The summed E-state index contributed by atoms with van der Waals surface area (Å²) >= 11 is -3.11. The molecule has 26 valence electrons. The molecular formula is Na5O3S+3. The first kappa shape index (κ1) is 36.9. The van der Waals surface area contributed by atoms with Gasteiger partial charge in [-0.05, 0) is 0 Å². The Balaban J connectivity index is -0.00000000450. The van der Waals surface area contributed by atoms with Gasteiger partial charge in [0.25, 0.3) is 0 Å². The van der Waals surface area contributed by atoms with E-state index in [2.05, 4.69) is 0 Å². The van der Waals surface area contributed by atoms with Crippen molar-refractivity contribution in [2.45, 2.75) is 0 Å². The number of rotatable bonds is 0. The zero-order valence-electron chi connectivity index (χ0n) is 6.63. The molecule has 0 saturated carbocycles. The summed E-state index contributed by atoms with van der Waals surface area (Å²) in [6, 6.07) is 0. The van der Waals surface area contributed by atoms with Crippen LogP contribution in [0.3, 0.4) is 0 Å². The molecule has 0 saturated heterocycles. The van der Waals surface area contributed by atoms with Gasteiger partial charge in [-0.2, -0.15) is 0 Å². The van der Waals surface area contributed by atoms with E-state index in [1.807, 2.05) is 0 Å². The minimum atomic E-state index is -3.11. The Hall–Kier alpha value is 5.07. The second-order valence-electron chi connectivity index (χ2n) is 0.204. The van der Waals surface area contributed by atoms with E-state index in [0.29, 0.717) is 0 Å². The molecule has 0 aliphatic rings. The van der Waals surface area contributed by atoms with E-state index >= 15 is 0 Å². The summed E-state index contributed by atoms with van der Waals surface area (Å²) in [5, 5.41) is 0. The summed E-state index contributed by atoms with van der Waals surface area (Å²) in [7, 11) is 0. The molecule has 0 aromatic carbocycles. The van der Waals surface area contributed by atoms with Crippen LogP contribution in [0.25, 0.3) is 0 Å². The maximum Gasteiger partial charge on any atom is 1.00 e. The molecular weight excluding hydrogens is 195 g/mol. The second-order valence-corrected chi connectivity index (χ2v) is 0.612. The van der Waals surface area contributed by atoms with E-state index in [1.165, 1.54) is 0 Å². The van der Waals surface area contributed by atoms with Crippen molar-refractivity contribution in [1.82, 2.24) is 0 Å². The summed E-state index contributed by atoms with van der Waals surface area (Å²) in [6.07, 6.45) is 0. The van der Waals surface area contributed by atoms with Crippen LogP contribution in [0, 0.1) is 0 Å². The molecule has 0 aromatic heterocycles. The average molecular weight is 195 g/mol. The third-order valence-electron chi connectivity index (χ3n) is 0. The molecule has 0 bridgehead atoms. The standard InChI is InChI=1S/5Na.H2O3S/c;;;;;1-4(2)3/h;;;;;(H2,1,2,3)/q5*+1;/p-2. The van der Waals surface area contributed by atoms with Gasteiger partial charge < -0.3 is 9.11 Å². The van der Waals surface area contributed by atoms with Crippen LogP contribution in [-0.2, 0) is 11.4 Å². The molecule has 3 nitrogen and oxygen atoms in total. The minimum Gasteiger partial charge on any atom is -0.784 e. The van der Waals surface area contributed by atoms with E-state index in [1.54, 1.807) is 0 Å². The van der Waals surface area contributed by atoms with Crippen molar-refractivity contribution in [2.75, 3.05) is 0 Å². The largest absolute Gasteiger partial charge is 1.00 e. The first-order valence-corrected chi connectivity index (χ1v) is 1.50. The zero-order valence-corrected chi connectivity index (χ0v) is 17.4. The Kier molecular flexibility index (Phi) is 120. The first-order chi connectivity index (χ1) is 1.73. The number of hydrogen-bond acceptors (Lipinski definition) is 3. The fraction of sp³-hybridized carbons (Fsp3) is 0. The van der Waals surface area contributed by atoms with Gasteiger partial charge in [-0.15, -0.1) is 11.4 Å². The molecule has 0 unspecified atom stereocenters. The third-order valence-corrected chi connectivity index (χ3v) is 0. The molecule has 0 fully saturated rings. The van der Waals surface area contributed by atoms with Crippen LogP contribution in [0.2, 0.25) is 0 Å². The Bertz CT molecular complexity index is 35.2. The average Bonchev–Trinajstić information content (AvgIpc) is 0.811. The Morgan fingerprint density at radius 2 is 0.778 bits per heavy atom. The van der Waals surface area contributed by atoms with Crippen LogP contribution in [-0.4, -0.2) is 13.3 Å². The van der Waals surface area contributed by atoms with Gasteiger partial charge in [0.2, 0.25) is 0 Å². The van der Waals surface area contributed by atoms with Crippen LogP contribution in [0.5, 0.6) is 0 Å². The van der Waals surface area contributed by atoms with Crippen molar-refractivity contribution >= 4 is 11.4 Å². The maximum atomic E-state index is 8.44. The van der Waals surface area contributed by atoms with Crippen LogP contribution in [0.1, 0.15) is 0 Å². The van der Waals surface area contributed by atoms with Crippen LogP contribution >= 0.6 is 0 Å². The van der Waals surface area contributed by atoms with Crippen molar-refractivity contribution in [3.05, 3.63) is 0 Å². The van der Waals surface area contributed by atoms with Gasteiger partial charge in [0.1, 0.15) is 0 Å². The number of hydrogen-bond donors (Lipinski definition) is 0. The normalized spacial score (nSPS) is 3.89. The summed E-state index contributed by atoms with van der Waals surface area (Å²) < 4.78 is 25.3. The van der Waals surface area contributed by atoms with E-state index in [9.17, 15) is 0 Å². The van der Waals surface area contributed by atoms with Crippen molar-refractivity contribution in [1.29, 1.82) is 0 Å². The molecule has 0 aliphatic heterocycles. The molecule has 0 heterocycles. The zero-order chi connectivity index (χ0) is 3.58. The summed E-state index contributed by atoms with van der Waals surface area (Å²) in [5.41, 5.74) is 0. The van der Waals surface area contributed by atoms with Crippen molar-refractivity contribution in [2.24, 2.45) is 0 Å². The van der Waals surface area contributed by atoms with Gasteiger partial charge >= 0.3 is 148 Å². The predicted molar refractivity (Wildman–Crippen MR) is 9.70 cm³/mol. The molecule has 0 aromatic rings. The van der Waals surface area contributed by atoms with Gasteiger partial charge in [0.05, 0.1) is 0 Å². The van der Waals surface area contributed by atoms with Gasteiger partial charge in [-0.3, -0.25) is 4.21 Å². The smallest absolute Gasteiger partial charge is 0.784 e. The Labute approximate surface area is 168 Å². The molecule has 0 atom stereocenters. The van der Waals surface area contributed by atoms with Crippen LogP contribution in [0.15, 0.2) is 0 Å². The van der Waals surface area contributed by atoms with Crippen molar-refractivity contribution in [3.8, 4) is 0 Å². The Morgan fingerprint density at radius 1 is 0.778 bits per heavy atom. The van der Waals surface area contributed by atoms with Gasteiger partial charge in [0, 0.05) is 0 Å². The fourth-order valence-electron chi connectivity index (χ4n) is 0. The Morgan fingerprint density at radius 3 is 0.778 bits per heavy atom. The molecule has 0 aliphatic carbocycles. The van der Waals surface area contributed by atoms with Gasteiger partial charge in [-0.1, -0.05) is 0 Å². The molecule has 0 radical (unpaired) electrons. The molecule has 9 heteroatoms. The van der Waals surface area contributed by atoms with E-state index in [0.717, 1.165) is 0 Å². The maximum absolute atomic E-state index is 8.44. The molecule has 0 spiro atoms. The summed E-state index contributed by atoms with van der Waals surface area (Å²) in [6.45, 7) is 0. The van der Waals surface area contributed by atoms with E-state index in [-0.39, 0.29) is 148 Å². The minimum absolute atomic E-state index is 0. The van der Waals surface area contributed by atoms with Crippen LogP contribution in [0.4, 0.5) is 0 Å². The topological polar surface area (TPSA) is 63.2 Å². The predicted octanol–water partition coefficient (Wildman–Crippen LogP) is -16.0.